The Morgan fingerprint density at radius 1 is 1.20 bits per heavy atom. The van der Waals surface area contributed by atoms with Crippen molar-refractivity contribution in [1.29, 1.82) is 0 Å². The summed E-state index contributed by atoms with van der Waals surface area (Å²) < 4.78 is 24.1. The molecule has 3 nitrogen and oxygen atoms in total. The Balaban J connectivity index is 2.08. The molecular weight excluding hydrogens is 197 g/mol. The van der Waals surface area contributed by atoms with E-state index in [1.165, 1.54) is 6.07 Å². The van der Waals surface area contributed by atoms with Gasteiger partial charge in [-0.25, -0.2) is 4.39 Å². The lowest BCUT2D eigenvalue weighted by Crippen LogP contribution is -2.44. The lowest BCUT2D eigenvalue weighted by molar-refractivity contribution is 0.173. The van der Waals surface area contributed by atoms with Gasteiger partial charge in [0, 0.05) is 17.2 Å². The van der Waals surface area contributed by atoms with E-state index in [0.29, 0.717) is 17.1 Å². The summed E-state index contributed by atoms with van der Waals surface area (Å²) in [5, 5.41) is 0. The van der Waals surface area contributed by atoms with Gasteiger partial charge < -0.3 is 15.2 Å². The molecule has 1 aromatic rings. The van der Waals surface area contributed by atoms with Crippen molar-refractivity contribution < 1.29 is 13.9 Å². The number of benzene rings is 1. The Bertz CT molecular complexity index is 415. The molecule has 4 heteroatoms. The van der Waals surface area contributed by atoms with Crippen molar-refractivity contribution in [3.8, 4) is 11.5 Å². The molecule has 1 aliphatic carbocycles. The molecule has 0 aromatic heterocycles. The maximum absolute atomic E-state index is 13.7. The second-order valence-corrected chi connectivity index (χ2v) is 4.20. The van der Waals surface area contributed by atoms with Crippen LogP contribution in [0.2, 0.25) is 0 Å². The van der Waals surface area contributed by atoms with Gasteiger partial charge in [-0.1, -0.05) is 0 Å². The molecule has 0 spiro atoms. The third-order valence-electron chi connectivity index (χ3n) is 3.24. The molecule has 15 heavy (non-hydrogen) atoms. The summed E-state index contributed by atoms with van der Waals surface area (Å²) >= 11 is 0. The fourth-order valence-electron chi connectivity index (χ4n) is 2.13. The number of nitrogens with two attached hydrogens (primary N) is 1. The van der Waals surface area contributed by atoms with Crippen molar-refractivity contribution in [2.24, 2.45) is 5.73 Å². The Morgan fingerprint density at radius 3 is 2.47 bits per heavy atom. The van der Waals surface area contributed by atoms with E-state index < -0.39 is 5.54 Å². The summed E-state index contributed by atoms with van der Waals surface area (Å²) in [6, 6.07) is 3.04. The Kier molecular flexibility index (Phi) is 1.71. The second kappa shape index (κ2) is 2.85. The predicted octanol–water partition coefficient (Wildman–Crippen LogP) is 1.89. The largest absolute Gasteiger partial charge is 0.454 e. The van der Waals surface area contributed by atoms with Gasteiger partial charge in [-0.2, -0.15) is 0 Å². The van der Waals surface area contributed by atoms with Crippen LogP contribution in [0, 0.1) is 5.82 Å². The highest BCUT2D eigenvalue weighted by Crippen LogP contribution is 2.44. The van der Waals surface area contributed by atoms with Crippen molar-refractivity contribution in [2.45, 2.75) is 24.8 Å². The average Bonchev–Trinajstić information content (AvgIpc) is 2.60. The molecule has 80 valence electrons. The number of hydrogen-bond donors (Lipinski definition) is 1. The van der Waals surface area contributed by atoms with Crippen LogP contribution in [-0.2, 0) is 5.54 Å². The fourth-order valence-corrected chi connectivity index (χ4v) is 2.13. The quantitative estimate of drug-likeness (QED) is 0.768. The molecule has 0 amide bonds. The second-order valence-electron chi connectivity index (χ2n) is 4.20. The highest BCUT2D eigenvalue weighted by molar-refractivity contribution is 5.47. The molecule has 2 N–H and O–H groups in total. The van der Waals surface area contributed by atoms with Crippen LogP contribution in [0.3, 0.4) is 0 Å². The van der Waals surface area contributed by atoms with E-state index in [1.807, 2.05) is 0 Å². The molecule has 0 bridgehead atoms. The number of ether oxygens (including phenoxy) is 2. The van der Waals surface area contributed by atoms with E-state index in [1.54, 1.807) is 6.07 Å². The van der Waals surface area contributed by atoms with E-state index in [2.05, 4.69) is 0 Å². The Morgan fingerprint density at radius 2 is 1.87 bits per heavy atom. The van der Waals surface area contributed by atoms with Crippen LogP contribution in [0.25, 0.3) is 0 Å². The Labute approximate surface area is 87.0 Å². The minimum Gasteiger partial charge on any atom is -0.454 e. The predicted molar refractivity (Wildman–Crippen MR) is 52.2 cm³/mol. The van der Waals surface area contributed by atoms with E-state index in [-0.39, 0.29) is 12.6 Å². The molecule has 1 heterocycles. The molecule has 3 rings (SSSR count). The van der Waals surface area contributed by atoms with Gasteiger partial charge in [0.25, 0.3) is 0 Å². The first-order chi connectivity index (χ1) is 7.19. The van der Waals surface area contributed by atoms with Crippen LogP contribution in [0.1, 0.15) is 24.8 Å². The van der Waals surface area contributed by atoms with Crippen LogP contribution in [-0.4, -0.2) is 6.79 Å². The molecule has 0 atom stereocenters. The van der Waals surface area contributed by atoms with Crippen LogP contribution in [0.5, 0.6) is 11.5 Å². The summed E-state index contributed by atoms with van der Waals surface area (Å²) in [5.74, 6) is 0.781. The number of halogens is 1. The molecule has 1 fully saturated rings. The lowest BCUT2D eigenvalue weighted by Gasteiger charge is -2.38. The summed E-state index contributed by atoms with van der Waals surface area (Å²) in [6.07, 6.45) is 2.73. The maximum Gasteiger partial charge on any atom is 0.231 e. The zero-order valence-corrected chi connectivity index (χ0v) is 8.25. The third-order valence-corrected chi connectivity index (χ3v) is 3.24. The van der Waals surface area contributed by atoms with E-state index in [9.17, 15) is 4.39 Å². The standard InChI is InChI=1S/C11H12FNO2/c12-8-5-10-9(14-6-15-10)4-7(8)11(13)2-1-3-11/h4-5H,1-3,6,13H2. The smallest absolute Gasteiger partial charge is 0.231 e. The van der Waals surface area contributed by atoms with Crippen molar-refractivity contribution in [3.63, 3.8) is 0 Å². The molecule has 0 saturated heterocycles. The van der Waals surface area contributed by atoms with Crippen molar-refractivity contribution >= 4 is 0 Å². The minimum absolute atomic E-state index is 0.162. The first-order valence-corrected chi connectivity index (χ1v) is 5.08. The van der Waals surface area contributed by atoms with Crippen LogP contribution in [0.15, 0.2) is 12.1 Å². The fraction of sp³-hybridized carbons (Fsp3) is 0.455. The molecule has 0 unspecified atom stereocenters. The van der Waals surface area contributed by atoms with Gasteiger partial charge in [0.15, 0.2) is 11.5 Å². The molecule has 1 aliphatic heterocycles. The summed E-state index contributed by atoms with van der Waals surface area (Å²) in [5.41, 5.74) is 6.14. The zero-order chi connectivity index (χ0) is 10.5. The van der Waals surface area contributed by atoms with Gasteiger partial charge in [0.05, 0.1) is 0 Å². The zero-order valence-electron chi connectivity index (χ0n) is 8.25. The van der Waals surface area contributed by atoms with Gasteiger partial charge in [-0.3, -0.25) is 0 Å². The van der Waals surface area contributed by atoms with Crippen LogP contribution in [0.4, 0.5) is 4.39 Å². The van der Waals surface area contributed by atoms with Gasteiger partial charge in [-0.05, 0) is 25.3 Å². The number of hydrogen-bond acceptors (Lipinski definition) is 3. The van der Waals surface area contributed by atoms with Gasteiger partial charge >= 0.3 is 0 Å². The van der Waals surface area contributed by atoms with Gasteiger partial charge in [0.2, 0.25) is 6.79 Å². The normalized spacial score (nSPS) is 21.2. The van der Waals surface area contributed by atoms with Crippen molar-refractivity contribution in [2.75, 3.05) is 6.79 Å². The first kappa shape index (κ1) is 8.97. The molecule has 1 saturated carbocycles. The molecule has 1 aromatic carbocycles. The monoisotopic (exact) mass is 209 g/mol. The van der Waals surface area contributed by atoms with Gasteiger partial charge in [0.1, 0.15) is 5.82 Å². The lowest BCUT2D eigenvalue weighted by atomic mass is 9.72. The van der Waals surface area contributed by atoms with Crippen LogP contribution < -0.4 is 15.2 Å². The van der Waals surface area contributed by atoms with E-state index >= 15 is 0 Å². The van der Waals surface area contributed by atoms with Crippen molar-refractivity contribution in [3.05, 3.63) is 23.5 Å². The molecule has 2 aliphatic rings. The minimum atomic E-state index is -0.495. The summed E-state index contributed by atoms with van der Waals surface area (Å²) in [6.45, 7) is 0.162. The maximum atomic E-state index is 13.7. The summed E-state index contributed by atoms with van der Waals surface area (Å²) in [7, 11) is 0. The molecular formula is C11H12FNO2. The topological polar surface area (TPSA) is 44.5 Å². The van der Waals surface area contributed by atoms with Crippen molar-refractivity contribution in [1.82, 2.24) is 0 Å². The SMILES string of the molecule is NC1(c2cc3c(cc2F)OCO3)CCC1. The Hall–Kier alpha value is -1.29. The highest BCUT2D eigenvalue weighted by Gasteiger charge is 2.37. The van der Waals surface area contributed by atoms with E-state index in [0.717, 1.165) is 19.3 Å². The first-order valence-electron chi connectivity index (χ1n) is 5.08. The van der Waals surface area contributed by atoms with Crippen LogP contribution >= 0.6 is 0 Å². The highest BCUT2D eigenvalue weighted by atomic mass is 19.1. The van der Waals surface area contributed by atoms with E-state index in [4.69, 9.17) is 15.2 Å². The third kappa shape index (κ3) is 1.21. The van der Waals surface area contributed by atoms with Gasteiger partial charge in [-0.15, -0.1) is 0 Å². The average molecular weight is 209 g/mol. The molecule has 0 radical (unpaired) electrons. The number of rotatable bonds is 1. The number of fused-ring (bicyclic) bond motifs is 1. The summed E-state index contributed by atoms with van der Waals surface area (Å²) in [4.78, 5) is 0.